The van der Waals surface area contributed by atoms with E-state index < -0.39 is 5.97 Å². The van der Waals surface area contributed by atoms with Gasteiger partial charge in [-0.2, -0.15) is 4.99 Å². The number of carboxylic acid groups (broad SMARTS) is 1. The third-order valence-corrected chi connectivity index (χ3v) is 2.87. The average Bonchev–Trinajstić information content (AvgIpc) is 2.41. The van der Waals surface area contributed by atoms with Gasteiger partial charge in [0.25, 0.3) is 0 Å². The summed E-state index contributed by atoms with van der Waals surface area (Å²) in [5.74, 6) is -1.15. The average molecular weight is 212 g/mol. The van der Waals surface area contributed by atoms with Crippen LogP contribution in [0.2, 0.25) is 0 Å². The van der Waals surface area contributed by atoms with E-state index in [0.29, 0.717) is 24.6 Å². The molecule has 0 aliphatic carbocycles. The Hall–Kier alpha value is -1.30. The molecule has 1 N–H and O–H groups in total. The number of amides is 1. The van der Waals surface area contributed by atoms with Gasteiger partial charge in [0.1, 0.15) is 5.70 Å². The van der Waals surface area contributed by atoms with Gasteiger partial charge in [0, 0.05) is 18.4 Å². The van der Waals surface area contributed by atoms with Gasteiger partial charge in [-0.3, -0.25) is 4.79 Å². The third kappa shape index (κ3) is 1.52. The Bertz CT molecular complexity index is 362. The van der Waals surface area contributed by atoms with Crippen molar-refractivity contribution in [2.45, 2.75) is 12.8 Å². The highest BCUT2D eigenvalue weighted by Gasteiger charge is 2.29. The lowest BCUT2D eigenvalue weighted by molar-refractivity contribution is -0.133. The second-order valence-electron chi connectivity index (χ2n) is 2.97. The molecule has 2 heterocycles. The van der Waals surface area contributed by atoms with Crippen molar-refractivity contribution in [3.05, 3.63) is 11.1 Å². The molecule has 2 aliphatic heterocycles. The molecule has 0 saturated carbocycles. The number of carbonyl (C=O) groups excluding carboxylic acids is 1. The molecule has 6 heteroatoms. The van der Waals surface area contributed by atoms with Gasteiger partial charge in [-0.1, -0.05) is 11.8 Å². The van der Waals surface area contributed by atoms with Crippen molar-refractivity contribution >= 4 is 28.8 Å². The van der Waals surface area contributed by atoms with E-state index in [9.17, 15) is 9.59 Å². The summed E-state index contributed by atoms with van der Waals surface area (Å²) in [7, 11) is 0. The Balaban J connectivity index is 2.28. The van der Waals surface area contributed by atoms with Crippen LogP contribution in [0, 0.1) is 0 Å². The van der Waals surface area contributed by atoms with Gasteiger partial charge in [-0.05, 0) is 6.42 Å². The summed E-state index contributed by atoms with van der Waals surface area (Å²) in [5, 5.41) is 10.9. The molecule has 0 aromatic rings. The Kier molecular flexibility index (Phi) is 2.28. The molecule has 0 bridgehead atoms. The number of hydrogen-bond acceptors (Lipinski definition) is 4. The van der Waals surface area contributed by atoms with E-state index in [4.69, 9.17) is 5.11 Å². The van der Waals surface area contributed by atoms with Crippen molar-refractivity contribution in [3.8, 4) is 0 Å². The fourth-order valence-corrected chi connectivity index (χ4v) is 2.27. The van der Waals surface area contributed by atoms with Crippen LogP contribution in [0.25, 0.3) is 0 Å². The number of fused-ring (bicyclic) bond motifs is 1. The zero-order chi connectivity index (χ0) is 10.1. The zero-order valence-electron chi connectivity index (χ0n) is 7.27. The largest absolute Gasteiger partial charge is 0.477 e. The van der Waals surface area contributed by atoms with Crippen molar-refractivity contribution in [3.63, 3.8) is 0 Å². The number of amidine groups is 1. The second kappa shape index (κ2) is 3.45. The maximum absolute atomic E-state index is 11.1. The lowest BCUT2D eigenvalue weighted by Crippen LogP contribution is -2.28. The Morgan fingerprint density at radius 1 is 1.64 bits per heavy atom. The predicted octanol–water partition coefficient (Wildman–Crippen LogP) is 0.638. The first-order valence-electron chi connectivity index (χ1n) is 4.17. The molecule has 74 valence electrons. The zero-order valence-corrected chi connectivity index (χ0v) is 8.08. The normalized spacial score (nSPS) is 21.1. The Morgan fingerprint density at radius 3 is 3.14 bits per heavy atom. The predicted molar refractivity (Wildman–Crippen MR) is 51.7 cm³/mol. The van der Waals surface area contributed by atoms with Crippen LogP contribution in [-0.2, 0) is 9.59 Å². The van der Waals surface area contributed by atoms with Crippen LogP contribution in [0.1, 0.15) is 12.8 Å². The lowest BCUT2D eigenvalue weighted by atomic mass is 10.3. The maximum Gasteiger partial charge on any atom is 0.353 e. The summed E-state index contributed by atoms with van der Waals surface area (Å²) in [6, 6.07) is 0. The van der Waals surface area contributed by atoms with Crippen molar-refractivity contribution in [1.29, 1.82) is 0 Å². The van der Waals surface area contributed by atoms with Crippen molar-refractivity contribution in [2.24, 2.45) is 4.99 Å². The molecule has 0 radical (unpaired) electrons. The summed E-state index contributed by atoms with van der Waals surface area (Å²) in [6.07, 6.45) is 1.05. The van der Waals surface area contributed by atoms with E-state index in [2.05, 4.69) is 4.99 Å². The minimum atomic E-state index is -0.975. The maximum atomic E-state index is 11.1. The highest BCUT2D eigenvalue weighted by molar-refractivity contribution is 8.16. The second-order valence-corrected chi connectivity index (χ2v) is 3.81. The molecule has 0 unspecified atom stereocenters. The molecule has 0 aromatic carbocycles. The highest BCUT2D eigenvalue weighted by atomic mass is 32.2. The van der Waals surface area contributed by atoms with Crippen LogP contribution >= 0.6 is 11.8 Å². The third-order valence-electron chi connectivity index (χ3n) is 2.01. The van der Waals surface area contributed by atoms with Gasteiger partial charge in [0.05, 0.1) is 0 Å². The molecule has 2 rings (SSSR count). The van der Waals surface area contributed by atoms with Crippen LogP contribution in [0.15, 0.2) is 16.1 Å². The molecule has 0 atom stereocenters. The van der Waals surface area contributed by atoms with E-state index in [1.54, 1.807) is 4.90 Å². The van der Waals surface area contributed by atoms with E-state index >= 15 is 0 Å². The quantitative estimate of drug-likeness (QED) is 0.690. The van der Waals surface area contributed by atoms with Crippen LogP contribution in [0.5, 0.6) is 0 Å². The highest BCUT2D eigenvalue weighted by Crippen LogP contribution is 2.28. The minimum Gasteiger partial charge on any atom is -0.477 e. The number of aliphatic imine (C=N–C) groups is 1. The molecule has 1 amide bonds. The summed E-state index contributed by atoms with van der Waals surface area (Å²) >= 11 is 1.19. The summed E-state index contributed by atoms with van der Waals surface area (Å²) in [5.41, 5.74) is 0.212. The van der Waals surface area contributed by atoms with Gasteiger partial charge >= 0.3 is 5.97 Å². The van der Waals surface area contributed by atoms with Crippen molar-refractivity contribution in [1.82, 2.24) is 4.90 Å². The Morgan fingerprint density at radius 2 is 2.43 bits per heavy atom. The molecular weight excluding hydrogens is 204 g/mol. The van der Waals surface area contributed by atoms with Gasteiger partial charge in [-0.15, -0.1) is 0 Å². The minimum absolute atomic E-state index is 0.171. The smallest absolute Gasteiger partial charge is 0.353 e. The molecule has 0 aromatic heterocycles. The van der Waals surface area contributed by atoms with Crippen LogP contribution in [0.4, 0.5) is 0 Å². The van der Waals surface area contributed by atoms with Gasteiger partial charge in [-0.25, -0.2) is 4.79 Å². The van der Waals surface area contributed by atoms with E-state index in [1.165, 1.54) is 17.2 Å². The molecule has 0 fully saturated rings. The van der Waals surface area contributed by atoms with Gasteiger partial charge < -0.3 is 10.0 Å². The molecular formula is C8H8N2O3S. The number of aliphatic carboxylic acids is 1. The fraction of sp³-hybridized carbons (Fsp3) is 0.375. The number of hydrogen-bond donors (Lipinski definition) is 1. The van der Waals surface area contributed by atoms with Crippen molar-refractivity contribution in [2.75, 3.05) is 6.54 Å². The summed E-state index contributed by atoms with van der Waals surface area (Å²) < 4.78 is 0. The molecule has 5 nitrogen and oxygen atoms in total. The monoisotopic (exact) mass is 212 g/mol. The molecule has 0 saturated heterocycles. The van der Waals surface area contributed by atoms with Crippen LogP contribution in [0.3, 0.4) is 0 Å². The SMILES string of the molecule is O=C1CCCN2C(C(=O)O)=CSC2=N1. The summed E-state index contributed by atoms with van der Waals surface area (Å²) in [6.45, 7) is 0.551. The van der Waals surface area contributed by atoms with Gasteiger partial charge in [0.2, 0.25) is 5.91 Å². The first kappa shape index (κ1) is 9.26. The van der Waals surface area contributed by atoms with E-state index in [-0.39, 0.29) is 11.6 Å². The molecule has 14 heavy (non-hydrogen) atoms. The number of rotatable bonds is 1. The van der Waals surface area contributed by atoms with Crippen LogP contribution < -0.4 is 0 Å². The van der Waals surface area contributed by atoms with E-state index in [0.717, 1.165) is 0 Å². The topological polar surface area (TPSA) is 70.0 Å². The van der Waals surface area contributed by atoms with Crippen molar-refractivity contribution < 1.29 is 14.7 Å². The first-order valence-corrected chi connectivity index (χ1v) is 5.05. The van der Waals surface area contributed by atoms with E-state index in [1.807, 2.05) is 0 Å². The number of nitrogens with zero attached hydrogens (tertiary/aromatic N) is 2. The molecule has 2 aliphatic rings. The fourth-order valence-electron chi connectivity index (χ4n) is 1.36. The number of thioether (sulfide) groups is 1. The number of carbonyl (C=O) groups is 2. The Labute approximate surface area is 84.5 Å². The first-order chi connectivity index (χ1) is 6.68. The summed E-state index contributed by atoms with van der Waals surface area (Å²) in [4.78, 5) is 27.3. The lowest BCUT2D eigenvalue weighted by Gasteiger charge is -2.16. The molecule has 0 spiro atoms. The van der Waals surface area contributed by atoms with Crippen LogP contribution in [-0.4, -0.2) is 33.6 Å². The standard InChI is InChI=1S/C8H8N2O3S/c11-6-2-1-3-10-5(7(12)13)4-14-8(10)9-6/h4H,1-3H2,(H,12,13). The van der Waals surface area contributed by atoms with Gasteiger partial charge in [0.15, 0.2) is 5.17 Å². The number of carboxylic acids is 1.